The molecule has 0 spiro atoms. The van der Waals surface area contributed by atoms with Crippen molar-refractivity contribution in [2.75, 3.05) is 19.0 Å². The molecule has 3 amide bonds. The Morgan fingerprint density at radius 3 is 2.69 bits per heavy atom. The molecule has 0 radical (unpaired) electrons. The zero-order valence-corrected chi connectivity index (χ0v) is 15.2. The number of carbonyl (C=O) groups is 2. The number of ether oxygens (including phenoxy) is 1. The molecule has 1 aromatic heterocycles. The lowest BCUT2D eigenvalue weighted by Gasteiger charge is -2.20. The second-order valence-electron chi connectivity index (χ2n) is 6.42. The molecule has 0 aliphatic carbocycles. The molecule has 2 atom stereocenters. The number of benzene rings is 2. The molecule has 1 saturated heterocycles. The zero-order valence-electron chi connectivity index (χ0n) is 15.2. The molecule has 1 aliphatic rings. The Balaban J connectivity index is 1.53. The minimum atomic E-state index is -1.18. The summed E-state index contributed by atoms with van der Waals surface area (Å²) in [6.07, 6.45) is 0. The number of urea groups is 1. The van der Waals surface area contributed by atoms with Gasteiger partial charge in [-0.3, -0.25) is 10.1 Å². The molecule has 2 heterocycles. The van der Waals surface area contributed by atoms with Gasteiger partial charge < -0.3 is 19.8 Å². The van der Waals surface area contributed by atoms with Crippen LogP contribution in [0.5, 0.6) is 5.75 Å². The lowest BCUT2D eigenvalue weighted by Crippen LogP contribution is -2.45. The SMILES string of the molecule is COc1cc(F)c([C@@H]2CNC(=O)C2NC(=O)Nc2nc3ccccc3o2)c(F)c1. The monoisotopic (exact) mass is 402 g/mol. The first-order chi connectivity index (χ1) is 14.0. The van der Waals surface area contributed by atoms with Crippen LogP contribution >= 0.6 is 0 Å². The topological polar surface area (TPSA) is 105 Å². The largest absolute Gasteiger partial charge is 0.497 e. The second kappa shape index (κ2) is 7.38. The summed E-state index contributed by atoms with van der Waals surface area (Å²) < 4.78 is 39.1. The van der Waals surface area contributed by atoms with Crippen molar-refractivity contribution in [1.29, 1.82) is 0 Å². The van der Waals surface area contributed by atoms with Gasteiger partial charge in [0.1, 0.15) is 28.9 Å². The number of halogens is 2. The fraction of sp³-hybridized carbons (Fsp3) is 0.211. The van der Waals surface area contributed by atoms with E-state index >= 15 is 0 Å². The van der Waals surface area contributed by atoms with Crippen LogP contribution in [0.25, 0.3) is 11.1 Å². The first-order valence-corrected chi connectivity index (χ1v) is 8.70. The number of anilines is 1. The van der Waals surface area contributed by atoms with Gasteiger partial charge in [-0.25, -0.2) is 13.6 Å². The van der Waals surface area contributed by atoms with E-state index in [0.717, 1.165) is 12.1 Å². The summed E-state index contributed by atoms with van der Waals surface area (Å²) in [7, 11) is 1.29. The van der Waals surface area contributed by atoms with Gasteiger partial charge in [-0.1, -0.05) is 12.1 Å². The summed E-state index contributed by atoms with van der Waals surface area (Å²) in [5.41, 5.74) is 0.708. The Kier molecular flexibility index (Phi) is 4.75. The van der Waals surface area contributed by atoms with E-state index in [9.17, 15) is 18.4 Å². The van der Waals surface area contributed by atoms with Crippen molar-refractivity contribution in [3.05, 3.63) is 53.6 Å². The number of rotatable bonds is 4. The normalized spacial score (nSPS) is 18.5. The van der Waals surface area contributed by atoms with Crippen LogP contribution in [-0.2, 0) is 4.79 Å². The third kappa shape index (κ3) is 3.56. The highest BCUT2D eigenvalue weighted by Gasteiger charge is 2.40. The van der Waals surface area contributed by atoms with Crippen LogP contribution in [0, 0.1) is 11.6 Å². The van der Waals surface area contributed by atoms with Gasteiger partial charge in [0.15, 0.2) is 5.58 Å². The molecule has 8 nitrogen and oxygen atoms in total. The first-order valence-electron chi connectivity index (χ1n) is 8.70. The van der Waals surface area contributed by atoms with Crippen LogP contribution in [0.3, 0.4) is 0 Å². The average molecular weight is 402 g/mol. The van der Waals surface area contributed by atoms with Gasteiger partial charge in [-0.05, 0) is 12.1 Å². The lowest BCUT2D eigenvalue weighted by atomic mass is 9.93. The fourth-order valence-corrected chi connectivity index (χ4v) is 3.29. The third-order valence-corrected chi connectivity index (χ3v) is 4.64. The van der Waals surface area contributed by atoms with Crippen LogP contribution in [0.1, 0.15) is 11.5 Å². The Labute approximate surface area is 163 Å². The molecule has 3 N–H and O–H groups in total. The van der Waals surface area contributed by atoms with Gasteiger partial charge >= 0.3 is 12.0 Å². The summed E-state index contributed by atoms with van der Waals surface area (Å²) in [6.45, 7) is -0.0349. The number of aromatic nitrogens is 1. The molecule has 2 aromatic carbocycles. The smallest absolute Gasteiger partial charge is 0.323 e. The van der Waals surface area contributed by atoms with Gasteiger partial charge in [0.05, 0.1) is 7.11 Å². The second-order valence-corrected chi connectivity index (χ2v) is 6.42. The van der Waals surface area contributed by atoms with Crippen molar-refractivity contribution in [3.63, 3.8) is 0 Å². The predicted octanol–water partition coefficient (Wildman–Crippen LogP) is 2.52. The van der Waals surface area contributed by atoms with E-state index in [1.165, 1.54) is 7.11 Å². The Morgan fingerprint density at radius 1 is 1.28 bits per heavy atom. The zero-order chi connectivity index (χ0) is 20.5. The Hall–Kier alpha value is -3.69. The number of nitrogens with zero attached hydrogens (tertiary/aromatic N) is 1. The number of carbonyl (C=O) groups excluding carboxylic acids is 2. The van der Waals surface area contributed by atoms with Crippen molar-refractivity contribution in [1.82, 2.24) is 15.6 Å². The molecule has 1 unspecified atom stereocenters. The number of para-hydroxylation sites is 2. The standard InChI is InChI=1S/C19H16F2N4O4/c1-28-9-6-11(20)15(12(21)7-9)10-8-22-17(26)16(10)24-18(27)25-19-23-13-4-2-3-5-14(13)29-19/h2-7,10,16H,8H2,1H3,(H,22,26)(H2,23,24,25,27)/t10-,16?/m0/s1. The molecule has 1 fully saturated rings. The summed E-state index contributed by atoms with van der Waals surface area (Å²) in [4.78, 5) is 28.6. The summed E-state index contributed by atoms with van der Waals surface area (Å²) in [6, 6.07) is 6.91. The first kappa shape index (κ1) is 18.7. The van der Waals surface area contributed by atoms with Crippen molar-refractivity contribution in [3.8, 4) is 5.75 Å². The van der Waals surface area contributed by atoms with Crippen molar-refractivity contribution < 1.29 is 27.5 Å². The number of hydrogen-bond acceptors (Lipinski definition) is 5. The number of amides is 3. The molecule has 29 heavy (non-hydrogen) atoms. The Morgan fingerprint density at radius 2 is 2.00 bits per heavy atom. The van der Waals surface area contributed by atoms with E-state index in [0.29, 0.717) is 11.1 Å². The van der Waals surface area contributed by atoms with Gasteiger partial charge in [0, 0.05) is 30.2 Å². The van der Waals surface area contributed by atoms with E-state index in [4.69, 9.17) is 9.15 Å². The maximum Gasteiger partial charge on any atom is 0.323 e. The molecule has 0 saturated carbocycles. The molecular formula is C19H16F2N4O4. The van der Waals surface area contributed by atoms with E-state index < -0.39 is 35.5 Å². The molecule has 4 rings (SSSR count). The van der Waals surface area contributed by atoms with E-state index in [-0.39, 0.29) is 23.9 Å². The Bertz CT molecular complexity index is 1040. The number of hydrogen-bond donors (Lipinski definition) is 3. The van der Waals surface area contributed by atoms with E-state index in [2.05, 4.69) is 20.9 Å². The van der Waals surface area contributed by atoms with Crippen LogP contribution in [0.2, 0.25) is 0 Å². The predicted molar refractivity (Wildman–Crippen MR) is 98.6 cm³/mol. The highest BCUT2D eigenvalue weighted by Crippen LogP contribution is 2.31. The fourth-order valence-electron chi connectivity index (χ4n) is 3.29. The average Bonchev–Trinajstić information content (AvgIpc) is 3.25. The minimum Gasteiger partial charge on any atom is -0.497 e. The number of fused-ring (bicyclic) bond motifs is 1. The van der Waals surface area contributed by atoms with Crippen molar-refractivity contribution in [2.24, 2.45) is 0 Å². The molecule has 1 aliphatic heterocycles. The molecule has 150 valence electrons. The maximum absolute atomic E-state index is 14.4. The summed E-state index contributed by atoms with van der Waals surface area (Å²) in [5.74, 6) is -3.22. The molecule has 3 aromatic rings. The number of oxazole rings is 1. The van der Waals surface area contributed by atoms with Gasteiger partial charge in [-0.2, -0.15) is 4.98 Å². The molecule has 10 heteroatoms. The van der Waals surface area contributed by atoms with Crippen LogP contribution in [0.15, 0.2) is 40.8 Å². The molecular weight excluding hydrogens is 386 g/mol. The highest BCUT2D eigenvalue weighted by molar-refractivity contribution is 5.94. The summed E-state index contributed by atoms with van der Waals surface area (Å²) in [5, 5.41) is 7.32. The number of nitrogens with one attached hydrogen (secondary N) is 3. The molecule has 0 bridgehead atoms. The van der Waals surface area contributed by atoms with Gasteiger partial charge in [0.2, 0.25) is 5.91 Å². The van der Waals surface area contributed by atoms with Crippen LogP contribution in [-0.4, -0.2) is 36.6 Å². The van der Waals surface area contributed by atoms with Crippen molar-refractivity contribution >= 4 is 29.1 Å². The van der Waals surface area contributed by atoms with Crippen molar-refractivity contribution in [2.45, 2.75) is 12.0 Å². The minimum absolute atomic E-state index is 0.0132. The highest BCUT2D eigenvalue weighted by atomic mass is 19.1. The van der Waals surface area contributed by atoms with Gasteiger partial charge in [0.25, 0.3) is 0 Å². The van der Waals surface area contributed by atoms with E-state index in [1.807, 2.05) is 0 Å². The quantitative estimate of drug-likeness (QED) is 0.622. The van der Waals surface area contributed by atoms with E-state index in [1.54, 1.807) is 24.3 Å². The number of methoxy groups -OCH3 is 1. The third-order valence-electron chi connectivity index (χ3n) is 4.64. The maximum atomic E-state index is 14.4. The van der Waals surface area contributed by atoms with Crippen LogP contribution < -0.4 is 20.7 Å². The van der Waals surface area contributed by atoms with Crippen LogP contribution in [0.4, 0.5) is 19.6 Å². The lowest BCUT2D eigenvalue weighted by molar-refractivity contribution is -0.120. The summed E-state index contributed by atoms with van der Waals surface area (Å²) >= 11 is 0. The van der Waals surface area contributed by atoms with Gasteiger partial charge in [-0.15, -0.1) is 0 Å².